The zero-order chi connectivity index (χ0) is 15.4. The summed E-state index contributed by atoms with van der Waals surface area (Å²) in [7, 11) is 3.98. The topological polar surface area (TPSA) is 37.3 Å². The first kappa shape index (κ1) is 16.4. The van der Waals surface area contributed by atoms with E-state index in [2.05, 4.69) is 13.5 Å². The number of carboxylic acid groups (broad SMARTS) is 1. The van der Waals surface area contributed by atoms with Gasteiger partial charge in [-0.2, -0.15) is 0 Å². The molecule has 0 aliphatic carbocycles. The molecule has 0 aromatic heterocycles. The monoisotopic (exact) mass is 276 g/mol. The third kappa shape index (κ3) is 3.10. The second-order valence-electron chi connectivity index (χ2n) is 6.15. The standard InChI is InChI=1S/C17H25NO2/c1-6-10-14(2)18(4,5)17(3,16(19)20)13-15-11-8-7-9-12-15/h6-9,11-12,14H,1,10,13H2,2-5H3/p+1. The van der Waals surface area contributed by atoms with E-state index in [1.54, 1.807) is 0 Å². The van der Waals surface area contributed by atoms with E-state index in [0.29, 0.717) is 10.9 Å². The van der Waals surface area contributed by atoms with Crippen molar-refractivity contribution in [1.29, 1.82) is 0 Å². The summed E-state index contributed by atoms with van der Waals surface area (Å²) in [4.78, 5) is 11.9. The lowest BCUT2D eigenvalue weighted by Gasteiger charge is -2.47. The SMILES string of the molecule is C=CCC(C)[N+](C)(C)C(C)(Cc1ccccc1)C(=O)O. The molecular weight excluding hydrogens is 250 g/mol. The Bertz CT molecular complexity index is 467. The van der Waals surface area contributed by atoms with Gasteiger partial charge in [0, 0.05) is 19.8 Å². The first-order valence-corrected chi connectivity index (χ1v) is 6.97. The van der Waals surface area contributed by atoms with Crippen LogP contribution in [0.2, 0.25) is 0 Å². The summed E-state index contributed by atoms with van der Waals surface area (Å²) in [5.41, 5.74) is 0.179. The van der Waals surface area contributed by atoms with E-state index in [9.17, 15) is 9.90 Å². The van der Waals surface area contributed by atoms with Crippen LogP contribution >= 0.6 is 0 Å². The smallest absolute Gasteiger partial charge is 0.365 e. The zero-order valence-electron chi connectivity index (χ0n) is 13.0. The number of quaternary nitrogens is 1. The lowest BCUT2D eigenvalue weighted by molar-refractivity contribution is -0.951. The van der Waals surface area contributed by atoms with Crippen LogP contribution in [0.3, 0.4) is 0 Å². The number of likely N-dealkylation sites (N-methyl/N-ethyl adjacent to an activating group) is 1. The maximum absolute atomic E-state index is 11.9. The fraction of sp³-hybridized carbons (Fsp3) is 0.471. The average Bonchev–Trinajstić information content (AvgIpc) is 2.39. The Hall–Kier alpha value is -1.61. The third-order valence-corrected chi connectivity index (χ3v) is 4.73. The van der Waals surface area contributed by atoms with Crippen LogP contribution in [0.25, 0.3) is 0 Å². The Morgan fingerprint density at radius 3 is 2.40 bits per heavy atom. The summed E-state index contributed by atoms with van der Waals surface area (Å²) in [5.74, 6) is -0.762. The van der Waals surface area contributed by atoms with Gasteiger partial charge in [-0.1, -0.05) is 36.4 Å². The molecule has 0 heterocycles. The van der Waals surface area contributed by atoms with Gasteiger partial charge in [0.05, 0.1) is 20.1 Å². The predicted octanol–water partition coefficient (Wildman–Crippen LogP) is 3.11. The zero-order valence-corrected chi connectivity index (χ0v) is 13.0. The normalized spacial score (nSPS) is 16.2. The third-order valence-electron chi connectivity index (χ3n) is 4.73. The minimum atomic E-state index is -0.871. The van der Waals surface area contributed by atoms with Crippen LogP contribution in [0.4, 0.5) is 0 Å². The largest absolute Gasteiger partial charge is 0.477 e. The van der Waals surface area contributed by atoms with Crippen LogP contribution in [0.5, 0.6) is 0 Å². The lowest BCUT2D eigenvalue weighted by Crippen LogP contribution is -2.67. The first-order chi connectivity index (χ1) is 9.25. The highest BCUT2D eigenvalue weighted by molar-refractivity contribution is 5.77. The van der Waals surface area contributed by atoms with Gasteiger partial charge in [-0.25, -0.2) is 4.79 Å². The van der Waals surface area contributed by atoms with Crippen LogP contribution in [0.1, 0.15) is 25.8 Å². The summed E-state index contributed by atoms with van der Waals surface area (Å²) < 4.78 is 0.420. The fourth-order valence-corrected chi connectivity index (χ4v) is 2.51. The average molecular weight is 276 g/mol. The number of nitrogens with zero attached hydrogens (tertiary/aromatic N) is 1. The minimum absolute atomic E-state index is 0.192. The Morgan fingerprint density at radius 2 is 1.95 bits per heavy atom. The quantitative estimate of drug-likeness (QED) is 0.614. The molecule has 0 saturated heterocycles. The van der Waals surface area contributed by atoms with Crippen LogP contribution < -0.4 is 0 Å². The molecule has 0 spiro atoms. The van der Waals surface area contributed by atoms with Gasteiger partial charge in [-0.05, 0) is 12.5 Å². The Morgan fingerprint density at radius 1 is 1.40 bits per heavy atom. The van der Waals surface area contributed by atoms with Crippen molar-refractivity contribution in [3.05, 3.63) is 48.6 Å². The van der Waals surface area contributed by atoms with Gasteiger partial charge in [-0.15, -0.1) is 6.58 Å². The van der Waals surface area contributed by atoms with Crippen LogP contribution in [0, 0.1) is 0 Å². The number of benzene rings is 1. The highest BCUT2D eigenvalue weighted by Crippen LogP contribution is 2.30. The van der Waals surface area contributed by atoms with E-state index < -0.39 is 11.5 Å². The molecule has 3 nitrogen and oxygen atoms in total. The molecule has 2 unspecified atom stereocenters. The minimum Gasteiger partial charge on any atom is -0.477 e. The van der Waals surface area contributed by atoms with Crippen molar-refractivity contribution in [1.82, 2.24) is 0 Å². The van der Waals surface area contributed by atoms with Crippen LogP contribution in [0.15, 0.2) is 43.0 Å². The van der Waals surface area contributed by atoms with E-state index in [0.717, 1.165) is 12.0 Å². The highest BCUT2D eigenvalue weighted by atomic mass is 16.4. The van der Waals surface area contributed by atoms with Gasteiger partial charge >= 0.3 is 5.97 Å². The molecule has 0 radical (unpaired) electrons. The predicted molar refractivity (Wildman–Crippen MR) is 82.6 cm³/mol. The van der Waals surface area contributed by atoms with Gasteiger partial charge in [-0.3, -0.25) is 0 Å². The van der Waals surface area contributed by atoms with Gasteiger partial charge in [0.1, 0.15) is 0 Å². The molecule has 0 fully saturated rings. The maximum Gasteiger partial charge on any atom is 0.365 e. The molecule has 1 aromatic rings. The second-order valence-corrected chi connectivity index (χ2v) is 6.15. The van der Waals surface area contributed by atoms with E-state index in [-0.39, 0.29) is 6.04 Å². The molecule has 0 aliphatic heterocycles. The van der Waals surface area contributed by atoms with Crippen molar-refractivity contribution in [2.24, 2.45) is 0 Å². The highest BCUT2D eigenvalue weighted by Gasteiger charge is 2.50. The van der Waals surface area contributed by atoms with Crippen molar-refractivity contribution in [3.63, 3.8) is 0 Å². The van der Waals surface area contributed by atoms with Crippen molar-refractivity contribution in [3.8, 4) is 0 Å². The molecule has 3 heteroatoms. The van der Waals surface area contributed by atoms with Crippen LogP contribution in [-0.2, 0) is 11.2 Å². The lowest BCUT2D eigenvalue weighted by atomic mass is 9.87. The molecule has 1 aromatic carbocycles. The van der Waals surface area contributed by atoms with E-state index >= 15 is 0 Å². The van der Waals surface area contributed by atoms with E-state index in [1.807, 2.05) is 57.4 Å². The summed E-state index contributed by atoms with van der Waals surface area (Å²) >= 11 is 0. The van der Waals surface area contributed by atoms with E-state index in [1.165, 1.54) is 0 Å². The van der Waals surface area contributed by atoms with Crippen molar-refractivity contribution < 1.29 is 14.4 Å². The van der Waals surface area contributed by atoms with Crippen molar-refractivity contribution in [2.75, 3.05) is 14.1 Å². The summed E-state index contributed by atoms with van der Waals surface area (Å²) in [6.45, 7) is 7.68. The molecule has 0 saturated carbocycles. The molecule has 1 N–H and O–H groups in total. The van der Waals surface area contributed by atoms with Gasteiger partial charge in [0.25, 0.3) is 0 Å². The fourth-order valence-electron chi connectivity index (χ4n) is 2.51. The molecule has 0 aliphatic rings. The number of aliphatic carboxylic acids is 1. The number of hydrogen-bond donors (Lipinski definition) is 1. The molecule has 0 amide bonds. The molecule has 20 heavy (non-hydrogen) atoms. The number of carboxylic acids is 1. The molecule has 110 valence electrons. The summed E-state index contributed by atoms with van der Waals surface area (Å²) in [5, 5.41) is 9.81. The number of hydrogen-bond acceptors (Lipinski definition) is 1. The summed E-state index contributed by atoms with van der Waals surface area (Å²) in [6, 6.07) is 10.0. The van der Waals surface area contributed by atoms with Gasteiger partial charge in [0.2, 0.25) is 0 Å². The number of rotatable bonds is 7. The number of carbonyl (C=O) groups is 1. The molecule has 2 atom stereocenters. The van der Waals surface area contributed by atoms with Crippen molar-refractivity contribution in [2.45, 2.75) is 38.3 Å². The Balaban J connectivity index is 3.14. The summed E-state index contributed by atoms with van der Waals surface area (Å²) in [6.07, 6.45) is 3.16. The van der Waals surface area contributed by atoms with Crippen LogP contribution in [-0.4, -0.2) is 41.2 Å². The molecule has 0 bridgehead atoms. The van der Waals surface area contributed by atoms with Crippen molar-refractivity contribution >= 4 is 5.97 Å². The first-order valence-electron chi connectivity index (χ1n) is 6.97. The van der Waals surface area contributed by atoms with Gasteiger partial charge < -0.3 is 9.59 Å². The Kier molecular flexibility index (Phi) is 5.12. The second kappa shape index (κ2) is 6.23. The van der Waals surface area contributed by atoms with E-state index in [4.69, 9.17) is 0 Å². The molecular formula is C17H26NO2+. The molecule has 1 rings (SSSR count). The Labute approximate surface area is 122 Å². The maximum atomic E-state index is 11.9. The van der Waals surface area contributed by atoms with Gasteiger partial charge in [0.15, 0.2) is 5.54 Å².